The molecule has 1 N–H and O–H groups in total. The number of hydrogen-bond acceptors (Lipinski definition) is 4. The Morgan fingerprint density at radius 2 is 1.87 bits per heavy atom. The molecule has 0 saturated heterocycles. The molecule has 0 spiro atoms. The quantitative estimate of drug-likeness (QED) is 0.401. The first-order valence-electron chi connectivity index (χ1n) is 7.62. The van der Waals surface area contributed by atoms with E-state index < -0.39 is 5.97 Å². The number of fused-ring (bicyclic) bond motifs is 1. The summed E-state index contributed by atoms with van der Waals surface area (Å²) in [6, 6.07) is 17.6. The monoisotopic (exact) mass is 309 g/mol. The lowest BCUT2D eigenvalue weighted by atomic mass is 10.0. The number of hydrazone groups is 1. The van der Waals surface area contributed by atoms with Crippen molar-refractivity contribution in [2.45, 2.75) is 12.8 Å². The fourth-order valence-electron chi connectivity index (χ4n) is 2.69. The molecule has 0 amide bonds. The molecule has 0 saturated carbocycles. The third-order valence-corrected chi connectivity index (χ3v) is 3.80. The van der Waals surface area contributed by atoms with Crippen LogP contribution in [0.5, 0.6) is 0 Å². The number of esters is 1. The number of ether oxygens (including phenoxy) is 1. The summed E-state index contributed by atoms with van der Waals surface area (Å²) in [6.45, 7) is 0.738. The Bertz CT molecular complexity index is 713. The molecule has 5 nitrogen and oxygen atoms in total. The highest BCUT2D eigenvalue weighted by molar-refractivity contribution is 6.41. The zero-order valence-corrected chi connectivity index (χ0v) is 13.0. The molecule has 0 radical (unpaired) electrons. The second-order valence-electron chi connectivity index (χ2n) is 5.29. The Morgan fingerprint density at radius 3 is 2.65 bits per heavy atom. The SMILES string of the molecule is COC(=O)C(=NNc1ccccc1)N1CCCc2ccccc21. The zero-order valence-electron chi connectivity index (χ0n) is 13.0. The molecule has 118 valence electrons. The summed E-state index contributed by atoms with van der Waals surface area (Å²) in [7, 11) is 1.37. The molecule has 1 heterocycles. The second kappa shape index (κ2) is 6.96. The Kier molecular flexibility index (Phi) is 4.57. The minimum Gasteiger partial charge on any atom is -0.463 e. The summed E-state index contributed by atoms with van der Waals surface area (Å²) in [5.74, 6) is -0.186. The van der Waals surface area contributed by atoms with E-state index in [2.05, 4.69) is 16.6 Å². The van der Waals surface area contributed by atoms with Gasteiger partial charge in [0, 0.05) is 12.2 Å². The molecule has 0 fully saturated rings. The molecule has 2 aromatic carbocycles. The number of anilines is 2. The van der Waals surface area contributed by atoms with Crippen LogP contribution in [0.25, 0.3) is 0 Å². The summed E-state index contributed by atoms with van der Waals surface area (Å²) < 4.78 is 4.92. The van der Waals surface area contributed by atoms with Crippen LogP contribution in [-0.4, -0.2) is 25.5 Å². The van der Waals surface area contributed by atoms with Gasteiger partial charge in [0.05, 0.1) is 12.8 Å². The fraction of sp³-hybridized carbons (Fsp3) is 0.222. The van der Waals surface area contributed by atoms with Gasteiger partial charge in [-0.1, -0.05) is 36.4 Å². The fourth-order valence-corrected chi connectivity index (χ4v) is 2.69. The van der Waals surface area contributed by atoms with Crippen molar-refractivity contribution >= 4 is 23.2 Å². The van der Waals surface area contributed by atoms with Gasteiger partial charge in [-0.2, -0.15) is 0 Å². The lowest BCUT2D eigenvalue weighted by Crippen LogP contribution is -2.41. The molecule has 23 heavy (non-hydrogen) atoms. The van der Waals surface area contributed by atoms with Crippen LogP contribution in [0, 0.1) is 0 Å². The first-order chi connectivity index (χ1) is 11.3. The lowest BCUT2D eigenvalue weighted by molar-refractivity contribution is -0.132. The lowest BCUT2D eigenvalue weighted by Gasteiger charge is -2.30. The number of rotatable bonds is 2. The van der Waals surface area contributed by atoms with Gasteiger partial charge in [0.25, 0.3) is 0 Å². The molecular weight excluding hydrogens is 290 g/mol. The smallest absolute Gasteiger partial charge is 0.376 e. The minimum absolute atomic E-state index is 0.267. The molecule has 1 aliphatic rings. The van der Waals surface area contributed by atoms with Gasteiger partial charge < -0.3 is 9.64 Å². The number of nitrogens with zero attached hydrogens (tertiary/aromatic N) is 2. The summed E-state index contributed by atoms with van der Waals surface area (Å²) >= 11 is 0. The number of aryl methyl sites for hydroxylation is 1. The van der Waals surface area contributed by atoms with Gasteiger partial charge in [-0.25, -0.2) is 4.79 Å². The van der Waals surface area contributed by atoms with Crippen molar-refractivity contribution in [3.8, 4) is 0 Å². The summed E-state index contributed by atoms with van der Waals surface area (Å²) in [4.78, 5) is 14.1. The van der Waals surface area contributed by atoms with Gasteiger partial charge in [-0.3, -0.25) is 5.43 Å². The zero-order chi connectivity index (χ0) is 16.1. The van der Waals surface area contributed by atoms with E-state index in [1.165, 1.54) is 12.7 Å². The number of amidine groups is 1. The molecule has 1 aliphatic heterocycles. The van der Waals surface area contributed by atoms with E-state index in [1.54, 1.807) is 0 Å². The number of benzene rings is 2. The van der Waals surface area contributed by atoms with Gasteiger partial charge in [-0.15, -0.1) is 5.10 Å². The van der Waals surface area contributed by atoms with Crippen LogP contribution in [0.3, 0.4) is 0 Å². The molecule has 0 aliphatic carbocycles. The number of carbonyl (C=O) groups is 1. The molecule has 3 rings (SSSR count). The summed E-state index contributed by atoms with van der Waals surface area (Å²) in [5, 5.41) is 4.31. The molecule has 2 aromatic rings. The average molecular weight is 309 g/mol. The van der Waals surface area contributed by atoms with Crippen molar-refractivity contribution in [1.29, 1.82) is 0 Å². The molecule has 0 bridgehead atoms. The maximum atomic E-state index is 12.2. The van der Waals surface area contributed by atoms with Gasteiger partial charge >= 0.3 is 5.97 Å². The first kappa shape index (κ1) is 15.1. The number of hydrogen-bond donors (Lipinski definition) is 1. The molecular formula is C18H19N3O2. The topological polar surface area (TPSA) is 53.9 Å². The Hall–Kier alpha value is -2.82. The van der Waals surface area contributed by atoms with E-state index >= 15 is 0 Å². The normalized spacial score (nSPS) is 14.1. The van der Waals surface area contributed by atoms with Crippen LogP contribution >= 0.6 is 0 Å². The van der Waals surface area contributed by atoms with Gasteiger partial charge in [-0.05, 0) is 36.6 Å². The Morgan fingerprint density at radius 1 is 1.13 bits per heavy atom. The number of nitrogens with one attached hydrogen (secondary N) is 1. The van der Waals surface area contributed by atoms with E-state index in [0.29, 0.717) is 0 Å². The van der Waals surface area contributed by atoms with Crippen molar-refractivity contribution in [3.05, 3.63) is 60.2 Å². The van der Waals surface area contributed by atoms with Crippen LogP contribution in [-0.2, 0) is 16.0 Å². The van der Waals surface area contributed by atoms with Crippen LogP contribution in [0.2, 0.25) is 0 Å². The average Bonchev–Trinajstić information content (AvgIpc) is 2.62. The largest absolute Gasteiger partial charge is 0.463 e. The van der Waals surface area contributed by atoms with E-state index in [0.717, 1.165) is 30.8 Å². The van der Waals surface area contributed by atoms with E-state index in [1.807, 2.05) is 53.4 Å². The maximum absolute atomic E-state index is 12.2. The van der Waals surface area contributed by atoms with Gasteiger partial charge in [0.2, 0.25) is 5.84 Å². The van der Waals surface area contributed by atoms with Crippen molar-refractivity contribution in [3.63, 3.8) is 0 Å². The molecule has 5 heteroatoms. The summed E-state index contributed by atoms with van der Waals surface area (Å²) in [6.07, 6.45) is 1.98. The predicted octanol–water partition coefficient (Wildman–Crippen LogP) is 3.04. The van der Waals surface area contributed by atoms with E-state index in [-0.39, 0.29) is 5.84 Å². The summed E-state index contributed by atoms with van der Waals surface area (Å²) in [5.41, 5.74) is 5.98. The Labute approximate surface area is 135 Å². The third-order valence-electron chi connectivity index (χ3n) is 3.80. The number of methoxy groups -OCH3 is 1. The Balaban J connectivity index is 1.93. The van der Waals surface area contributed by atoms with Crippen LogP contribution in [0.1, 0.15) is 12.0 Å². The minimum atomic E-state index is -0.454. The first-order valence-corrected chi connectivity index (χ1v) is 7.62. The maximum Gasteiger partial charge on any atom is 0.376 e. The highest BCUT2D eigenvalue weighted by Crippen LogP contribution is 2.27. The second-order valence-corrected chi connectivity index (χ2v) is 5.29. The standard InChI is InChI=1S/C18H19N3O2/c1-23-18(22)17(20-19-15-10-3-2-4-11-15)21-13-7-9-14-8-5-6-12-16(14)21/h2-6,8,10-12,19H,7,9,13H2,1H3. The molecule has 0 unspecified atom stereocenters. The van der Waals surface area contributed by atoms with E-state index in [4.69, 9.17) is 4.74 Å². The third kappa shape index (κ3) is 3.34. The predicted molar refractivity (Wildman–Crippen MR) is 91.6 cm³/mol. The highest BCUT2D eigenvalue weighted by Gasteiger charge is 2.26. The number of para-hydroxylation sites is 2. The van der Waals surface area contributed by atoms with E-state index in [9.17, 15) is 4.79 Å². The van der Waals surface area contributed by atoms with Crippen molar-refractivity contribution < 1.29 is 9.53 Å². The van der Waals surface area contributed by atoms with Crippen LogP contribution in [0.15, 0.2) is 59.7 Å². The van der Waals surface area contributed by atoms with Crippen LogP contribution in [0.4, 0.5) is 11.4 Å². The van der Waals surface area contributed by atoms with Crippen molar-refractivity contribution in [2.24, 2.45) is 5.10 Å². The van der Waals surface area contributed by atoms with Crippen LogP contribution < -0.4 is 10.3 Å². The van der Waals surface area contributed by atoms with Crippen molar-refractivity contribution in [1.82, 2.24) is 0 Å². The number of carbonyl (C=O) groups excluding carboxylic acids is 1. The van der Waals surface area contributed by atoms with Gasteiger partial charge in [0.15, 0.2) is 0 Å². The van der Waals surface area contributed by atoms with Crippen molar-refractivity contribution in [2.75, 3.05) is 24.0 Å². The molecule has 0 aromatic heterocycles. The molecule has 0 atom stereocenters. The highest BCUT2D eigenvalue weighted by atomic mass is 16.5. The van der Waals surface area contributed by atoms with Gasteiger partial charge in [0.1, 0.15) is 0 Å².